The molecular weight excluding hydrogens is 440 g/mol. The zero-order chi connectivity index (χ0) is 18.7. The molecule has 1 aliphatic rings. The average molecular weight is 451 g/mol. The third-order valence-corrected chi connectivity index (χ3v) is 5.07. The van der Waals surface area contributed by atoms with Crippen molar-refractivity contribution in [2.75, 3.05) is 0 Å². The third-order valence-electron chi connectivity index (χ3n) is 3.42. The van der Waals surface area contributed by atoms with E-state index in [1.165, 1.54) is 23.9 Å². The molecule has 0 spiro atoms. The van der Waals surface area contributed by atoms with Gasteiger partial charge in [-0.3, -0.25) is 14.9 Å². The van der Waals surface area contributed by atoms with Crippen LogP contribution < -0.4 is 10.1 Å². The maximum Gasteiger partial charge on any atom is 0.269 e. The highest BCUT2D eigenvalue weighted by Gasteiger charge is 2.22. The third kappa shape index (κ3) is 4.48. The van der Waals surface area contributed by atoms with Crippen molar-refractivity contribution in [3.8, 4) is 5.75 Å². The highest BCUT2D eigenvalue weighted by molar-refractivity contribution is 9.10. The molecule has 132 valence electrons. The molecule has 2 aromatic carbocycles. The Morgan fingerprint density at radius 1 is 1.31 bits per heavy atom. The molecule has 1 saturated heterocycles. The number of non-ortho nitro benzene ring substituents is 1. The summed E-state index contributed by atoms with van der Waals surface area (Å²) in [5.41, 5.74) is 1.39. The van der Waals surface area contributed by atoms with E-state index in [0.29, 0.717) is 26.1 Å². The molecule has 1 amide bonds. The van der Waals surface area contributed by atoms with E-state index < -0.39 is 4.92 Å². The molecular formula is C17H11BrN2O4S2. The van der Waals surface area contributed by atoms with Crippen LogP contribution in [0.4, 0.5) is 5.69 Å². The fourth-order valence-corrected chi connectivity index (χ4v) is 3.66. The lowest BCUT2D eigenvalue weighted by atomic mass is 10.1. The number of nitro benzene ring substituents is 1. The van der Waals surface area contributed by atoms with Gasteiger partial charge in [-0.1, -0.05) is 52.0 Å². The molecule has 0 radical (unpaired) electrons. The first-order chi connectivity index (χ1) is 12.4. The van der Waals surface area contributed by atoms with Gasteiger partial charge in [-0.15, -0.1) is 0 Å². The zero-order valence-corrected chi connectivity index (χ0v) is 16.3. The number of halogens is 1. The number of nitro groups is 1. The lowest BCUT2D eigenvalue weighted by molar-refractivity contribution is -0.384. The molecule has 0 aromatic heterocycles. The first kappa shape index (κ1) is 18.6. The summed E-state index contributed by atoms with van der Waals surface area (Å²) in [6, 6.07) is 11.7. The molecule has 0 bridgehead atoms. The Morgan fingerprint density at radius 2 is 2.12 bits per heavy atom. The largest absolute Gasteiger partial charge is 0.488 e. The number of hydrogen-bond acceptors (Lipinski definition) is 6. The summed E-state index contributed by atoms with van der Waals surface area (Å²) in [7, 11) is 0. The molecule has 0 unspecified atom stereocenters. The van der Waals surface area contributed by atoms with Crippen LogP contribution in [0.25, 0.3) is 6.08 Å². The monoisotopic (exact) mass is 450 g/mol. The smallest absolute Gasteiger partial charge is 0.269 e. The maximum atomic E-state index is 11.9. The number of hydrogen-bond donors (Lipinski definition) is 1. The van der Waals surface area contributed by atoms with Gasteiger partial charge in [0.05, 0.1) is 9.83 Å². The van der Waals surface area contributed by atoms with Crippen molar-refractivity contribution in [2.45, 2.75) is 6.61 Å². The van der Waals surface area contributed by atoms with Gasteiger partial charge in [0.1, 0.15) is 16.7 Å². The van der Waals surface area contributed by atoms with E-state index in [9.17, 15) is 14.9 Å². The number of carbonyl (C=O) groups is 1. The molecule has 3 rings (SSSR count). The number of carbonyl (C=O) groups excluding carboxylic acids is 1. The lowest BCUT2D eigenvalue weighted by Crippen LogP contribution is -2.17. The van der Waals surface area contributed by atoms with Crippen LogP contribution in [-0.2, 0) is 11.4 Å². The van der Waals surface area contributed by atoms with Crippen LogP contribution in [0.3, 0.4) is 0 Å². The number of ether oxygens (including phenoxy) is 1. The second-order valence-electron chi connectivity index (χ2n) is 5.25. The van der Waals surface area contributed by atoms with Gasteiger partial charge in [0.15, 0.2) is 0 Å². The molecule has 0 saturated carbocycles. The molecule has 1 fully saturated rings. The van der Waals surface area contributed by atoms with Crippen molar-refractivity contribution in [1.29, 1.82) is 0 Å². The summed E-state index contributed by atoms with van der Waals surface area (Å²) in [5, 5.41) is 13.4. The molecule has 9 heteroatoms. The molecule has 26 heavy (non-hydrogen) atoms. The molecule has 6 nitrogen and oxygen atoms in total. The number of rotatable bonds is 5. The van der Waals surface area contributed by atoms with Gasteiger partial charge in [-0.25, -0.2) is 0 Å². The Labute approximate surface area is 166 Å². The quantitative estimate of drug-likeness (QED) is 0.314. The number of amides is 1. The van der Waals surface area contributed by atoms with Crippen molar-refractivity contribution in [3.05, 3.63) is 73.1 Å². The first-order valence-corrected chi connectivity index (χ1v) is 9.35. The normalized spacial score (nSPS) is 15.2. The van der Waals surface area contributed by atoms with Gasteiger partial charge in [-0.05, 0) is 29.8 Å². The number of thiocarbonyl (C=S) groups is 1. The van der Waals surface area contributed by atoms with E-state index in [2.05, 4.69) is 21.2 Å². The molecule has 1 aliphatic heterocycles. The number of benzene rings is 2. The van der Waals surface area contributed by atoms with Crippen molar-refractivity contribution < 1.29 is 14.5 Å². The minimum atomic E-state index is -0.447. The summed E-state index contributed by atoms with van der Waals surface area (Å²) < 4.78 is 7.07. The van der Waals surface area contributed by atoms with Crippen molar-refractivity contribution in [1.82, 2.24) is 5.32 Å². The van der Waals surface area contributed by atoms with Crippen LogP contribution in [0.2, 0.25) is 0 Å². The number of thioether (sulfide) groups is 1. The summed E-state index contributed by atoms with van der Waals surface area (Å²) >= 11 is 9.58. The SMILES string of the molecule is O=C1NC(=S)S/C1=C\c1cc(Br)ccc1OCc1cccc([N+](=O)[O-])c1. The van der Waals surface area contributed by atoms with Gasteiger partial charge >= 0.3 is 0 Å². The van der Waals surface area contributed by atoms with E-state index in [0.717, 1.165) is 4.47 Å². The average Bonchev–Trinajstić information content (AvgIpc) is 2.91. The van der Waals surface area contributed by atoms with Gasteiger partial charge in [0.2, 0.25) is 0 Å². The first-order valence-electron chi connectivity index (χ1n) is 7.33. The predicted molar refractivity (Wildman–Crippen MR) is 108 cm³/mol. The minimum absolute atomic E-state index is 0.0109. The van der Waals surface area contributed by atoms with Crippen molar-refractivity contribution >= 4 is 61.9 Å². The van der Waals surface area contributed by atoms with E-state index in [4.69, 9.17) is 17.0 Å². The van der Waals surface area contributed by atoms with Gasteiger partial charge < -0.3 is 10.1 Å². The van der Waals surface area contributed by atoms with Crippen LogP contribution in [0.5, 0.6) is 5.75 Å². The Morgan fingerprint density at radius 3 is 2.81 bits per heavy atom. The Kier molecular flexibility index (Phi) is 5.70. The molecule has 1 heterocycles. The summed E-state index contributed by atoms with van der Waals surface area (Å²) in [5.74, 6) is 0.308. The predicted octanol–water partition coefficient (Wildman–Crippen LogP) is 4.43. The van der Waals surface area contributed by atoms with Crippen LogP contribution in [-0.4, -0.2) is 15.2 Å². The van der Waals surface area contributed by atoms with Crippen LogP contribution in [0.1, 0.15) is 11.1 Å². The highest BCUT2D eigenvalue weighted by Crippen LogP contribution is 2.31. The summed E-state index contributed by atoms with van der Waals surface area (Å²) in [4.78, 5) is 22.8. The minimum Gasteiger partial charge on any atom is -0.488 e. The zero-order valence-electron chi connectivity index (χ0n) is 13.1. The van der Waals surface area contributed by atoms with Crippen molar-refractivity contribution in [3.63, 3.8) is 0 Å². The van der Waals surface area contributed by atoms with Gasteiger partial charge in [0, 0.05) is 22.2 Å². The van der Waals surface area contributed by atoms with Crippen molar-refractivity contribution in [2.24, 2.45) is 0 Å². The molecule has 2 aromatic rings. The van der Waals surface area contributed by atoms with Crippen LogP contribution >= 0.6 is 39.9 Å². The number of nitrogens with zero attached hydrogens (tertiary/aromatic N) is 1. The highest BCUT2D eigenvalue weighted by atomic mass is 79.9. The van der Waals surface area contributed by atoms with E-state index in [-0.39, 0.29) is 18.2 Å². The fraction of sp³-hybridized carbons (Fsp3) is 0.0588. The van der Waals surface area contributed by atoms with Gasteiger partial charge in [0.25, 0.3) is 11.6 Å². The molecule has 0 atom stereocenters. The fourth-order valence-electron chi connectivity index (χ4n) is 2.25. The van der Waals surface area contributed by atoms with E-state index in [1.54, 1.807) is 24.3 Å². The van der Waals surface area contributed by atoms with E-state index in [1.807, 2.05) is 12.1 Å². The number of nitrogens with one attached hydrogen (secondary N) is 1. The Balaban J connectivity index is 1.83. The Hall–Kier alpha value is -2.23. The van der Waals surface area contributed by atoms with Gasteiger partial charge in [-0.2, -0.15) is 0 Å². The molecule has 1 N–H and O–H groups in total. The summed E-state index contributed by atoms with van der Waals surface area (Å²) in [6.45, 7) is 0.164. The summed E-state index contributed by atoms with van der Waals surface area (Å²) in [6.07, 6.45) is 1.70. The lowest BCUT2D eigenvalue weighted by Gasteiger charge is -2.10. The topological polar surface area (TPSA) is 81.5 Å². The van der Waals surface area contributed by atoms with Crippen LogP contribution in [0.15, 0.2) is 51.8 Å². The second kappa shape index (κ2) is 7.98. The molecule has 0 aliphatic carbocycles. The Bertz CT molecular complexity index is 946. The maximum absolute atomic E-state index is 11.9. The second-order valence-corrected chi connectivity index (χ2v) is 7.88. The van der Waals surface area contributed by atoms with Crippen LogP contribution in [0, 0.1) is 10.1 Å². The van der Waals surface area contributed by atoms with E-state index >= 15 is 0 Å². The standard InChI is InChI=1S/C17H11BrN2O4S2/c18-12-4-5-14(11(7-12)8-15-16(21)19-17(25)26-15)24-9-10-2-1-3-13(6-10)20(22)23/h1-8H,9H2,(H,19,21,25)/b15-8-.